The fraction of sp³-hybridized carbons (Fsp3) is 0.500. The van der Waals surface area contributed by atoms with E-state index in [0.29, 0.717) is 31.7 Å². The van der Waals surface area contributed by atoms with Crippen molar-refractivity contribution in [2.45, 2.75) is 51.5 Å². The highest BCUT2D eigenvalue weighted by atomic mass is 19.4. The number of rotatable bonds is 3. The number of aromatic nitrogens is 2. The first-order chi connectivity index (χ1) is 13.5. The first kappa shape index (κ1) is 21.0. The molecule has 1 aliphatic rings. The standard InChI is InChI=1S/C20H24F3N3O3/c1-19(2,3)29-18(27)25-11-7-14(8-12-25)28-15-5-6-16(20(21,22)23)17(13-15)26-10-4-9-24-26/h4-6,9-10,13-14H,7-8,11-12H2,1-3H3. The molecule has 158 valence electrons. The van der Waals surface area contributed by atoms with Crippen molar-refractivity contribution in [3.05, 3.63) is 42.2 Å². The minimum atomic E-state index is -4.50. The summed E-state index contributed by atoms with van der Waals surface area (Å²) in [5.74, 6) is 0.333. The zero-order chi connectivity index (χ0) is 21.2. The van der Waals surface area contributed by atoms with E-state index in [1.807, 2.05) is 20.8 Å². The maximum Gasteiger partial charge on any atom is 0.418 e. The Kier molecular flexibility index (Phi) is 5.77. The molecule has 3 rings (SSSR count). The highest BCUT2D eigenvalue weighted by Crippen LogP contribution is 2.36. The Morgan fingerprint density at radius 3 is 2.41 bits per heavy atom. The summed E-state index contributed by atoms with van der Waals surface area (Å²) in [6.07, 6.45) is -1.07. The number of hydrogen-bond donors (Lipinski definition) is 0. The Bertz CT molecular complexity index is 837. The van der Waals surface area contributed by atoms with Crippen LogP contribution in [0.2, 0.25) is 0 Å². The van der Waals surface area contributed by atoms with E-state index < -0.39 is 17.3 Å². The zero-order valence-corrected chi connectivity index (χ0v) is 16.6. The number of nitrogens with zero attached hydrogens (tertiary/aromatic N) is 3. The van der Waals surface area contributed by atoms with Gasteiger partial charge in [-0.25, -0.2) is 9.48 Å². The van der Waals surface area contributed by atoms with E-state index in [0.717, 1.165) is 6.07 Å². The van der Waals surface area contributed by atoms with E-state index >= 15 is 0 Å². The predicted octanol–water partition coefficient (Wildman–Crippen LogP) is 4.67. The lowest BCUT2D eigenvalue weighted by Gasteiger charge is -2.33. The van der Waals surface area contributed by atoms with Crippen LogP contribution in [0.15, 0.2) is 36.7 Å². The van der Waals surface area contributed by atoms with Crippen molar-refractivity contribution in [3.8, 4) is 11.4 Å². The molecule has 1 amide bonds. The van der Waals surface area contributed by atoms with Crippen LogP contribution < -0.4 is 4.74 Å². The van der Waals surface area contributed by atoms with Crippen molar-refractivity contribution in [2.24, 2.45) is 0 Å². The third-order valence-electron chi connectivity index (χ3n) is 4.42. The number of halogens is 3. The van der Waals surface area contributed by atoms with Gasteiger partial charge >= 0.3 is 12.3 Å². The van der Waals surface area contributed by atoms with E-state index in [1.54, 1.807) is 11.0 Å². The molecule has 1 aliphatic heterocycles. The summed E-state index contributed by atoms with van der Waals surface area (Å²) in [5, 5.41) is 3.91. The topological polar surface area (TPSA) is 56.6 Å². The Labute approximate surface area is 167 Å². The van der Waals surface area contributed by atoms with Gasteiger partial charge in [-0.2, -0.15) is 18.3 Å². The van der Waals surface area contributed by atoms with Crippen LogP contribution >= 0.6 is 0 Å². The first-order valence-electron chi connectivity index (χ1n) is 9.39. The van der Waals surface area contributed by atoms with Gasteiger partial charge in [-0.05, 0) is 39.0 Å². The van der Waals surface area contributed by atoms with Crippen molar-refractivity contribution in [1.29, 1.82) is 0 Å². The molecule has 2 aromatic rings. The number of ether oxygens (including phenoxy) is 2. The van der Waals surface area contributed by atoms with Crippen LogP contribution in [0, 0.1) is 0 Å². The third-order valence-corrected chi connectivity index (χ3v) is 4.42. The Morgan fingerprint density at radius 1 is 1.17 bits per heavy atom. The summed E-state index contributed by atoms with van der Waals surface area (Å²) < 4.78 is 52.4. The van der Waals surface area contributed by atoms with Gasteiger partial charge in [-0.3, -0.25) is 0 Å². The normalized spacial score (nSPS) is 16.0. The molecule has 1 aromatic heterocycles. The molecule has 0 aliphatic carbocycles. The highest BCUT2D eigenvalue weighted by Gasteiger charge is 2.35. The lowest BCUT2D eigenvalue weighted by Crippen LogP contribution is -2.44. The number of piperidine rings is 1. The molecule has 0 unspecified atom stereocenters. The third kappa shape index (κ3) is 5.42. The van der Waals surface area contributed by atoms with Gasteiger partial charge in [0.15, 0.2) is 0 Å². The van der Waals surface area contributed by atoms with E-state index in [1.165, 1.54) is 29.2 Å². The SMILES string of the molecule is CC(C)(C)OC(=O)N1CCC(Oc2ccc(C(F)(F)F)c(-n3cccn3)c2)CC1. The van der Waals surface area contributed by atoms with Gasteiger partial charge in [0.25, 0.3) is 0 Å². The van der Waals surface area contributed by atoms with Gasteiger partial charge in [-0.15, -0.1) is 0 Å². The molecular formula is C20H24F3N3O3. The molecule has 1 fully saturated rings. The number of hydrogen-bond acceptors (Lipinski definition) is 4. The molecule has 6 nitrogen and oxygen atoms in total. The Morgan fingerprint density at radius 2 is 1.86 bits per heavy atom. The van der Waals surface area contributed by atoms with E-state index in [2.05, 4.69) is 5.10 Å². The summed E-state index contributed by atoms with van der Waals surface area (Å²) in [7, 11) is 0. The fourth-order valence-electron chi connectivity index (χ4n) is 3.10. The molecule has 29 heavy (non-hydrogen) atoms. The van der Waals surface area contributed by atoms with Crippen LogP contribution in [0.1, 0.15) is 39.2 Å². The van der Waals surface area contributed by atoms with E-state index in [-0.39, 0.29) is 17.9 Å². The number of benzene rings is 1. The van der Waals surface area contributed by atoms with Crippen LogP contribution in [-0.4, -0.2) is 45.6 Å². The predicted molar refractivity (Wildman–Crippen MR) is 100 cm³/mol. The number of amides is 1. The maximum absolute atomic E-state index is 13.3. The number of carbonyl (C=O) groups is 1. The van der Waals surface area contributed by atoms with Crippen molar-refractivity contribution < 1.29 is 27.4 Å². The fourth-order valence-corrected chi connectivity index (χ4v) is 3.10. The van der Waals surface area contributed by atoms with Gasteiger partial charge < -0.3 is 14.4 Å². The number of likely N-dealkylation sites (tertiary alicyclic amines) is 1. The Hall–Kier alpha value is -2.71. The lowest BCUT2D eigenvalue weighted by molar-refractivity contribution is -0.137. The van der Waals surface area contributed by atoms with Crippen molar-refractivity contribution in [2.75, 3.05) is 13.1 Å². The van der Waals surface area contributed by atoms with Gasteiger partial charge in [0, 0.05) is 44.4 Å². The van der Waals surface area contributed by atoms with Gasteiger partial charge in [-0.1, -0.05) is 0 Å². The van der Waals surface area contributed by atoms with Gasteiger partial charge in [0.1, 0.15) is 17.5 Å². The van der Waals surface area contributed by atoms with Gasteiger partial charge in [0.2, 0.25) is 0 Å². The van der Waals surface area contributed by atoms with Crippen LogP contribution in [0.5, 0.6) is 5.75 Å². The summed E-state index contributed by atoms with van der Waals surface area (Å²) in [4.78, 5) is 13.8. The summed E-state index contributed by atoms with van der Waals surface area (Å²) in [6, 6.07) is 5.22. The molecule has 2 heterocycles. The van der Waals surface area contributed by atoms with Crippen molar-refractivity contribution >= 4 is 6.09 Å². The van der Waals surface area contributed by atoms with Gasteiger partial charge in [0.05, 0.1) is 11.3 Å². The number of carbonyl (C=O) groups excluding carboxylic acids is 1. The summed E-state index contributed by atoms with van der Waals surface area (Å²) >= 11 is 0. The molecular weight excluding hydrogens is 387 g/mol. The quantitative estimate of drug-likeness (QED) is 0.737. The average molecular weight is 411 g/mol. The largest absolute Gasteiger partial charge is 0.490 e. The molecule has 0 bridgehead atoms. The second-order valence-corrected chi connectivity index (χ2v) is 7.91. The summed E-state index contributed by atoms with van der Waals surface area (Å²) in [6.45, 7) is 6.35. The van der Waals surface area contributed by atoms with E-state index in [4.69, 9.17) is 9.47 Å². The molecule has 1 saturated heterocycles. The lowest BCUT2D eigenvalue weighted by atomic mass is 10.1. The maximum atomic E-state index is 13.3. The van der Waals surface area contributed by atoms with Crippen molar-refractivity contribution in [1.82, 2.24) is 14.7 Å². The van der Waals surface area contributed by atoms with Crippen LogP contribution in [0.3, 0.4) is 0 Å². The molecule has 0 atom stereocenters. The Balaban J connectivity index is 1.67. The minimum absolute atomic E-state index is 0.0915. The zero-order valence-electron chi connectivity index (χ0n) is 16.6. The molecule has 0 spiro atoms. The molecule has 0 N–H and O–H groups in total. The number of alkyl halides is 3. The highest BCUT2D eigenvalue weighted by molar-refractivity contribution is 5.68. The second kappa shape index (κ2) is 7.96. The van der Waals surface area contributed by atoms with Crippen molar-refractivity contribution in [3.63, 3.8) is 0 Å². The van der Waals surface area contributed by atoms with Crippen LogP contribution in [0.4, 0.5) is 18.0 Å². The van der Waals surface area contributed by atoms with Crippen LogP contribution in [0.25, 0.3) is 5.69 Å². The summed E-state index contributed by atoms with van der Waals surface area (Å²) in [5.41, 5.74) is -1.44. The van der Waals surface area contributed by atoms with E-state index in [9.17, 15) is 18.0 Å². The monoisotopic (exact) mass is 411 g/mol. The average Bonchev–Trinajstić information content (AvgIpc) is 3.14. The smallest absolute Gasteiger partial charge is 0.418 e. The molecule has 1 aromatic carbocycles. The first-order valence-corrected chi connectivity index (χ1v) is 9.39. The molecule has 0 saturated carbocycles. The molecule has 9 heteroatoms. The molecule has 0 radical (unpaired) electrons. The minimum Gasteiger partial charge on any atom is -0.490 e. The van der Waals surface area contributed by atoms with Crippen LogP contribution in [-0.2, 0) is 10.9 Å². The second-order valence-electron chi connectivity index (χ2n) is 7.91.